The molecule has 0 fully saturated rings. The van der Waals surface area contributed by atoms with Crippen LogP contribution in [0.2, 0.25) is 0 Å². The number of aryl methyl sites for hydroxylation is 5. The fraction of sp³-hybridized carbons (Fsp3) is 0.345. The number of aromatic hydroxyl groups is 1. The maximum absolute atomic E-state index is 14.2. The van der Waals surface area contributed by atoms with Gasteiger partial charge in [-0.3, -0.25) is 13.9 Å². The zero-order valence-corrected chi connectivity index (χ0v) is 45.6. The molecule has 0 aliphatic rings. The molecule has 0 aromatic heterocycles. The first-order chi connectivity index (χ1) is 32.7. The van der Waals surface area contributed by atoms with Crippen LogP contribution in [0, 0.1) is 47.5 Å². The number of nitrogens with one attached hydrogen (secondary N) is 3. The minimum absolute atomic E-state index is 0.00677. The van der Waals surface area contributed by atoms with Gasteiger partial charge in [0.15, 0.2) is 0 Å². The first-order valence-electron chi connectivity index (χ1n) is 23.9. The minimum Gasteiger partial charge on any atom is -0.507 e. The quantitative estimate of drug-likeness (QED) is 0.0370. The summed E-state index contributed by atoms with van der Waals surface area (Å²) in [6, 6.07) is 25.3. The van der Waals surface area contributed by atoms with Crippen LogP contribution in [0.5, 0.6) is 5.75 Å². The molecular formula is C58H70N3O8S2+. The molecule has 1 amide bonds. The lowest BCUT2D eigenvalue weighted by atomic mass is 9.78. The second-order valence-corrected chi connectivity index (χ2v) is 24.4. The van der Waals surface area contributed by atoms with Crippen molar-refractivity contribution in [3.05, 3.63) is 169 Å². The summed E-state index contributed by atoms with van der Waals surface area (Å²) >= 11 is 0. The Labute approximate surface area is 422 Å². The molecule has 376 valence electrons. The molecule has 0 unspecified atom stereocenters. The van der Waals surface area contributed by atoms with Crippen LogP contribution in [0.1, 0.15) is 164 Å². The molecule has 0 bridgehead atoms. The summed E-state index contributed by atoms with van der Waals surface area (Å²) in [6.07, 6.45) is 0. The Morgan fingerprint density at radius 3 is 1.48 bits per heavy atom. The summed E-state index contributed by atoms with van der Waals surface area (Å²) in [5, 5.41) is 21.4. The number of benzene rings is 6. The van der Waals surface area contributed by atoms with E-state index >= 15 is 0 Å². The highest BCUT2D eigenvalue weighted by Crippen LogP contribution is 2.44. The molecule has 0 saturated carbocycles. The molecule has 0 spiro atoms. The monoisotopic (exact) mass is 1000 g/mol. The lowest BCUT2D eigenvalue weighted by molar-refractivity contribution is 0.102. The summed E-state index contributed by atoms with van der Waals surface area (Å²) in [5.74, 6) is -0.0356. The van der Waals surface area contributed by atoms with Crippen molar-refractivity contribution in [2.24, 2.45) is 0 Å². The van der Waals surface area contributed by atoms with Gasteiger partial charge < -0.3 is 21.1 Å². The van der Waals surface area contributed by atoms with Crippen LogP contribution in [-0.4, -0.2) is 37.0 Å². The van der Waals surface area contributed by atoms with Crippen LogP contribution in [0.3, 0.4) is 0 Å². The first kappa shape index (κ1) is 54.2. The molecule has 6 rings (SSSR count). The topological polar surface area (TPSA) is 182 Å². The number of phenolic OH excluding ortho intramolecular Hbond substituents is 1. The van der Waals surface area contributed by atoms with Gasteiger partial charge in [0.05, 0.1) is 39.7 Å². The van der Waals surface area contributed by atoms with Crippen molar-refractivity contribution in [1.82, 2.24) is 0 Å². The normalized spacial score (nSPS) is 12.4. The average Bonchev–Trinajstić information content (AvgIpc) is 3.22. The van der Waals surface area contributed by atoms with Crippen molar-refractivity contribution in [2.45, 2.75) is 143 Å². The van der Waals surface area contributed by atoms with E-state index in [-0.39, 0.29) is 39.3 Å². The van der Waals surface area contributed by atoms with Gasteiger partial charge in [-0.2, -0.15) is 16.8 Å². The van der Waals surface area contributed by atoms with Crippen LogP contribution in [0.4, 0.5) is 28.4 Å². The number of amides is 1. The van der Waals surface area contributed by atoms with E-state index in [1.807, 2.05) is 98.7 Å². The largest absolute Gasteiger partial charge is 0.507 e. The third kappa shape index (κ3) is 11.7. The van der Waals surface area contributed by atoms with E-state index in [9.17, 15) is 35.8 Å². The molecule has 6 aromatic carbocycles. The third-order valence-electron chi connectivity index (χ3n) is 13.1. The van der Waals surface area contributed by atoms with Crippen molar-refractivity contribution < 1.29 is 35.8 Å². The highest BCUT2D eigenvalue weighted by Gasteiger charge is 2.34. The smallest absolute Gasteiger partial charge is 0.315 e. The average molecular weight is 1000 g/mol. The van der Waals surface area contributed by atoms with Crippen LogP contribution in [0.15, 0.2) is 94.7 Å². The number of carbonyl (C=O) groups excluding carboxylic acids is 1. The summed E-state index contributed by atoms with van der Waals surface area (Å²) in [5.41, 5.74) is 11.7. The molecule has 71 heavy (non-hydrogen) atoms. The van der Waals surface area contributed by atoms with E-state index in [4.69, 9.17) is 0 Å². The molecule has 0 aliphatic heterocycles. The molecule has 0 aliphatic carbocycles. The minimum atomic E-state index is -4.97. The molecule has 13 heteroatoms. The van der Waals surface area contributed by atoms with E-state index < -0.39 is 41.9 Å². The van der Waals surface area contributed by atoms with E-state index in [1.54, 1.807) is 44.2 Å². The second kappa shape index (κ2) is 19.8. The summed E-state index contributed by atoms with van der Waals surface area (Å²) in [6.45, 7) is 31.2. The second-order valence-electron chi connectivity index (χ2n) is 21.7. The van der Waals surface area contributed by atoms with Crippen molar-refractivity contribution in [2.75, 3.05) is 16.0 Å². The molecule has 0 heterocycles. The number of hydrogen-bond donors (Lipinski definition) is 6. The Morgan fingerprint density at radius 2 is 1.04 bits per heavy atom. The number of hydrogen-bond acceptors (Lipinski definition) is 8. The van der Waals surface area contributed by atoms with Gasteiger partial charge in [0.1, 0.15) is 15.5 Å². The van der Waals surface area contributed by atoms with Gasteiger partial charge in [0.2, 0.25) is 0 Å². The van der Waals surface area contributed by atoms with Gasteiger partial charge in [-0.25, -0.2) is 0 Å². The Bertz CT molecular complexity index is 3250. The van der Waals surface area contributed by atoms with Crippen LogP contribution >= 0.6 is 0 Å². The van der Waals surface area contributed by atoms with E-state index in [2.05, 4.69) is 62.7 Å². The maximum atomic E-state index is 14.2. The van der Waals surface area contributed by atoms with Gasteiger partial charge in [-0.1, -0.05) is 93.0 Å². The molecular weight excluding hydrogens is 931 g/mol. The summed E-state index contributed by atoms with van der Waals surface area (Å²) in [4.78, 5) is 13.6. The Balaban J connectivity index is 1.57. The molecule has 6 aromatic rings. The predicted molar refractivity (Wildman–Crippen MR) is 289 cm³/mol. The number of phenols is 1. The van der Waals surface area contributed by atoms with Crippen molar-refractivity contribution in [3.8, 4) is 5.75 Å². The van der Waals surface area contributed by atoms with Crippen molar-refractivity contribution >= 4 is 54.6 Å². The van der Waals surface area contributed by atoms with Gasteiger partial charge in [0.25, 0.3) is 16.0 Å². The fourth-order valence-electron chi connectivity index (χ4n) is 9.63. The number of carbonyl (C=O) groups is 1. The maximum Gasteiger partial charge on any atom is 0.315 e. The van der Waals surface area contributed by atoms with E-state index in [0.29, 0.717) is 50.7 Å². The molecule has 0 saturated heterocycles. The first-order valence-corrected chi connectivity index (χ1v) is 26.7. The zero-order chi connectivity index (χ0) is 53.0. The lowest BCUT2D eigenvalue weighted by Crippen LogP contribution is -2.21. The van der Waals surface area contributed by atoms with Gasteiger partial charge in [-0.05, 0) is 153 Å². The van der Waals surface area contributed by atoms with E-state index in [0.717, 1.165) is 44.8 Å². The van der Waals surface area contributed by atoms with Crippen LogP contribution in [-0.2, 0) is 31.1 Å². The Kier molecular flexibility index (Phi) is 15.1. The Hall–Kier alpha value is -6.12. The number of anilines is 5. The van der Waals surface area contributed by atoms with Crippen molar-refractivity contribution in [1.29, 1.82) is 0 Å². The SMILES string of the molecule is Cc1cc(C)c(Nc2ccc([C+](c3ccc(Nc4c(C)cc(C)c(S(=O)(=O)O)c4C)c(C(C)C)c3)c3ccc(NC(=O)c4cc(C(C)(C)C)c(O)c(C(C)(C)C)c4)cc3S(=O)(=O)O)cc2C(C)C)c(C)c1. The third-order valence-corrected chi connectivity index (χ3v) is 15.1. The Morgan fingerprint density at radius 1 is 0.577 bits per heavy atom. The van der Waals surface area contributed by atoms with Crippen LogP contribution in [0.25, 0.3) is 0 Å². The molecule has 6 N–H and O–H groups in total. The zero-order valence-electron chi connectivity index (χ0n) is 43.9. The van der Waals surface area contributed by atoms with E-state index in [1.165, 1.54) is 6.07 Å². The van der Waals surface area contributed by atoms with Gasteiger partial charge >= 0.3 is 10.1 Å². The fourth-order valence-corrected chi connectivity index (χ4v) is 11.3. The summed E-state index contributed by atoms with van der Waals surface area (Å²) < 4.78 is 73.9. The standard InChI is InChI=1S/C58H69N3O8S2/c1-31(2)44-26-39(17-21-48(44)60-52-34(6)23-33(5)24-35(52)7)51(40-18-22-49(45(27-40)32(3)4)61-53-36(8)25-37(9)55(38(53)10)71(67,68)69)43-20-19-42(30-50(43)70(64,65)66)59-56(63)41-28-46(57(11,12)13)54(62)47(29-41)58(14,15)16/h17-32,60-61H,1-16H3,(H3-,59,62,63,64,65,66,67,68,69)/p+1. The highest BCUT2D eigenvalue weighted by molar-refractivity contribution is 7.86. The van der Waals surface area contributed by atoms with Gasteiger partial charge in [0, 0.05) is 45.3 Å². The lowest BCUT2D eigenvalue weighted by Gasteiger charge is -2.28. The molecule has 11 nitrogen and oxygen atoms in total. The van der Waals surface area contributed by atoms with Crippen LogP contribution < -0.4 is 16.0 Å². The molecule has 0 radical (unpaired) electrons. The number of rotatable bonds is 13. The predicted octanol–water partition coefficient (Wildman–Crippen LogP) is 14.3. The van der Waals surface area contributed by atoms with Crippen molar-refractivity contribution in [3.63, 3.8) is 0 Å². The highest BCUT2D eigenvalue weighted by atomic mass is 32.2. The summed E-state index contributed by atoms with van der Waals surface area (Å²) in [7, 11) is -9.51. The molecule has 0 atom stereocenters. The van der Waals surface area contributed by atoms with Gasteiger partial charge in [-0.15, -0.1) is 0 Å².